The van der Waals surface area contributed by atoms with Gasteiger partial charge in [-0.25, -0.2) is 5.01 Å². The number of fused-ring (bicyclic) bond motifs is 1. The number of carbonyl (C=O) groups is 3. The lowest BCUT2D eigenvalue weighted by atomic mass is 10.0. The van der Waals surface area contributed by atoms with E-state index in [1.54, 1.807) is 53.4 Å². The van der Waals surface area contributed by atoms with Gasteiger partial charge in [-0.05, 0) is 29.8 Å². The highest BCUT2D eigenvalue weighted by Gasteiger charge is 2.44. The lowest BCUT2D eigenvalue weighted by molar-refractivity contribution is -0.118. The molecule has 3 amide bonds. The Kier molecular flexibility index (Phi) is 4.56. The van der Waals surface area contributed by atoms with Crippen molar-refractivity contribution in [2.24, 2.45) is 0 Å². The van der Waals surface area contributed by atoms with Crippen LogP contribution in [0.1, 0.15) is 11.1 Å². The predicted octanol–water partition coefficient (Wildman–Crippen LogP) is 3.72. The monoisotopic (exact) mass is 429 g/mol. The molecule has 0 spiro atoms. The van der Waals surface area contributed by atoms with E-state index in [2.05, 4.69) is 5.43 Å². The molecule has 0 bridgehead atoms. The second-order valence-electron chi connectivity index (χ2n) is 7.17. The smallest absolute Gasteiger partial charge is 0.283 e. The quantitative estimate of drug-likeness (QED) is 0.509. The van der Waals surface area contributed by atoms with Crippen molar-refractivity contribution in [1.29, 1.82) is 0 Å². The van der Waals surface area contributed by atoms with E-state index in [0.29, 0.717) is 22.0 Å². The average Bonchev–Trinajstić information content (AvgIpc) is 3.23. The Labute approximate surface area is 183 Å². The van der Waals surface area contributed by atoms with E-state index >= 15 is 0 Å². The zero-order chi connectivity index (χ0) is 21.5. The molecule has 2 heterocycles. The molecule has 5 rings (SSSR count). The number of halogens is 1. The summed E-state index contributed by atoms with van der Waals surface area (Å²) < 4.78 is 0. The van der Waals surface area contributed by atoms with Crippen LogP contribution in [0.5, 0.6) is 0 Å². The second-order valence-corrected chi connectivity index (χ2v) is 7.57. The molecule has 0 radical (unpaired) electrons. The molecule has 0 aliphatic carbocycles. The van der Waals surface area contributed by atoms with Crippen LogP contribution in [0.4, 0.5) is 11.4 Å². The maximum Gasteiger partial charge on any atom is 0.283 e. The van der Waals surface area contributed by atoms with Crippen LogP contribution >= 0.6 is 11.6 Å². The number of nitrogens with zero attached hydrogens (tertiary/aromatic N) is 2. The summed E-state index contributed by atoms with van der Waals surface area (Å²) in [6.07, 6.45) is 0. The number of para-hydroxylation sites is 2. The second kappa shape index (κ2) is 7.41. The third-order valence-corrected chi connectivity index (χ3v) is 5.70. The Hall–Kier alpha value is -3.90. The number of nitrogens with one attached hydrogen (secondary N) is 1. The fourth-order valence-corrected chi connectivity index (χ4v) is 4.07. The van der Waals surface area contributed by atoms with Crippen molar-refractivity contribution in [3.63, 3.8) is 0 Å². The van der Waals surface area contributed by atoms with E-state index < -0.39 is 17.7 Å². The largest absolute Gasteiger partial charge is 0.303 e. The van der Waals surface area contributed by atoms with Gasteiger partial charge in [0.2, 0.25) is 0 Å². The Morgan fingerprint density at radius 3 is 2.19 bits per heavy atom. The molecule has 0 atom stereocenters. The Morgan fingerprint density at radius 2 is 1.42 bits per heavy atom. The number of amides is 3. The molecule has 0 unspecified atom stereocenters. The van der Waals surface area contributed by atoms with Gasteiger partial charge in [0.1, 0.15) is 5.57 Å². The average molecular weight is 430 g/mol. The Morgan fingerprint density at radius 1 is 0.742 bits per heavy atom. The van der Waals surface area contributed by atoms with Crippen molar-refractivity contribution in [3.8, 4) is 0 Å². The van der Waals surface area contributed by atoms with Gasteiger partial charge in [0.15, 0.2) is 0 Å². The van der Waals surface area contributed by atoms with Gasteiger partial charge in [-0.2, -0.15) is 0 Å². The van der Waals surface area contributed by atoms with Crippen molar-refractivity contribution >= 4 is 46.3 Å². The van der Waals surface area contributed by atoms with Crippen LogP contribution in [0.2, 0.25) is 5.02 Å². The molecule has 6 nitrogen and oxygen atoms in total. The van der Waals surface area contributed by atoms with Crippen LogP contribution < -0.4 is 15.3 Å². The normalized spacial score (nSPS) is 17.9. The minimum atomic E-state index is -0.605. The van der Waals surface area contributed by atoms with Gasteiger partial charge in [0, 0.05) is 10.6 Å². The van der Waals surface area contributed by atoms with Crippen molar-refractivity contribution in [2.75, 3.05) is 9.91 Å². The molecule has 1 N–H and O–H groups in total. The standard InChI is InChI=1S/C24H16ClN3O3/c25-18-12-6-4-8-15(18)14-27-19-13-7-5-11-17(19)20(23(27)30)21-22(29)26-28(24(21)31)16-9-2-1-3-10-16/h1-13H,14H2,(H,26,29). The first-order valence-corrected chi connectivity index (χ1v) is 10.0. The first kappa shape index (κ1) is 19.1. The molecule has 2 aliphatic heterocycles. The molecule has 31 heavy (non-hydrogen) atoms. The Bertz CT molecular complexity index is 1270. The summed E-state index contributed by atoms with van der Waals surface area (Å²) in [4.78, 5) is 41.0. The Balaban J connectivity index is 1.60. The summed E-state index contributed by atoms with van der Waals surface area (Å²) >= 11 is 6.30. The minimum Gasteiger partial charge on any atom is -0.303 e. The van der Waals surface area contributed by atoms with Gasteiger partial charge < -0.3 is 4.90 Å². The molecule has 2 aliphatic rings. The van der Waals surface area contributed by atoms with Crippen molar-refractivity contribution in [3.05, 3.63) is 101 Å². The molecule has 1 saturated heterocycles. The number of rotatable bonds is 3. The summed E-state index contributed by atoms with van der Waals surface area (Å²) in [5.41, 5.74) is 4.97. The number of hydrogen-bond acceptors (Lipinski definition) is 3. The third kappa shape index (κ3) is 3.08. The van der Waals surface area contributed by atoms with Crippen LogP contribution in [0, 0.1) is 0 Å². The lowest BCUT2D eigenvalue weighted by Gasteiger charge is -2.18. The number of carbonyl (C=O) groups excluding carboxylic acids is 3. The zero-order valence-corrected chi connectivity index (χ0v) is 17.0. The molecular weight excluding hydrogens is 414 g/mol. The molecule has 152 valence electrons. The molecule has 0 aromatic heterocycles. The van der Waals surface area contributed by atoms with E-state index in [4.69, 9.17) is 11.6 Å². The number of hydrogen-bond donors (Lipinski definition) is 1. The van der Waals surface area contributed by atoms with Crippen molar-refractivity contribution in [2.45, 2.75) is 6.54 Å². The summed E-state index contributed by atoms with van der Waals surface area (Å²) in [5, 5.41) is 1.70. The first-order valence-electron chi connectivity index (χ1n) is 9.65. The summed E-state index contributed by atoms with van der Waals surface area (Å²) in [7, 11) is 0. The lowest BCUT2D eigenvalue weighted by Crippen LogP contribution is -2.35. The van der Waals surface area contributed by atoms with Gasteiger partial charge in [-0.1, -0.05) is 66.2 Å². The fourth-order valence-electron chi connectivity index (χ4n) is 3.87. The van der Waals surface area contributed by atoms with E-state index in [-0.39, 0.29) is 17.7 Å². The van der Waals surface area contributed by atoms with E-state index in [1.165, 1.54) is 0 Å². The molecular formula is C24H16ClN3O3. The summed E-state index contributed by atoms with van der Waals surface area (Å²) in [6, 6.07) is 23.2. The highest BCUT2D eigenvalue weighted by Crippen LogP contribution is 2.41. The number of benzene rings is 3. The van der Waals surface area contributed by atoms with Crippen molar-refractivity contribution in [1.82, 2.24) is 5.43 Å². The van der Waals surface area contributed by atoms with Gasteiger partial charge in [-0.15, -0.1) is 0 Å². The molecule has 3 aromatic rings. The molecule has 3 aromatic carbocycles. The zero-order valence-electron chi connectivity index (χ0n) is 16.2. The van der Waals surface area contributed by atoms with Crippen molar-refractivity contribution < 1.29 is 14.4 Å². The highest BCUT2D eigenvalue weighted by atomic mass is 35.5. The maximum atomic E-state index is 13.5. The van der Waals surface area contributed by atoms with Gasteiger partial charge in [0.25, 0.3) is 17.7 Å². The van der Waals surface area contributed by atoms with Crippen LogP contribution in [-0.2, 0) is 20.9 Å². The predicted molar refractivity (Wildman–Crippen MR) is 118 cm³/mol. The topological polar surface area (TPSA) is 69.7 Å². The summed E-state index contributed by atoms with van der Waals surface area (Å²) in [5.74, 6) is -1.57. The van der Waals surface area contributed by atoms with Gasteiger partial charge in [-0.3, -0.25) is 19.8 Å². The molecule has 0 saturated carbocycles. The van der Waals surface area contributed by atoms with Crippen LogP contribution in [0.15, 0.2) is 84.4 Å². The van der Waals surface area contributed by atoms with E-state index in [9.17, 15) is 14.4 Å². The maximum absolute atomic E-state index is 13.5. The molecule has 1 fully saturated rings. The molecule has 7 heteroatoms. The first-order chi connectivity index (χ1) is 15.1. The van der Waals surface area contributed by atoms with Gasteiger partial charge in [0.05, 0.1) is 23.5 Å². The van der Waals surface area contributed by atoms with E-state index in [1.807, 2.05) is 30.3 Å². The van der Waals surface area contributed by atoms with Crippen LogP contribution in [0.25, 0.3) is 5.57 Å². The fraction of sp³-hybridized carbons (Fsp3) is 0.0417. The SMILES string of the molecule is O=C1NN(c2ccccc2)C(=O)C1=C1C(=O)N(Cc2ccccc2Cl)c2ccccc21. The van der Waals surface area contributed by atoms with Crippen LogP contribution in [-0.4, -0.2) is 17.7 Å². The number of anilines is 2. The third-order valence-electron chi connectivity index (χ3n) is 5.33. The summed E-state index contributed by atoms with van der Waals surface area (Å²) in [6.45, 7) is 0.227. The number of hydrazine groups is 1. The van der Waals surface area contributed by atoms with Gasteiger partial charge >= 0.3 is 0 Å². The van der Waals surface area contributed by atoms with E-state index in [0.717, 1.165) is 10.6 Å². The van der Waals surface area contributed by atoms with Crippen LogP contribution in [0.3, 0.4) is 0 Å². The minimum absolute atomic E-state index is 0.101. The highest BCUT2D eigenvalue weighted by molar-refractivity contribution is 6.45.